The molecule has 0 saturated heterocycles. The molecule has 3 aromatic rings. The SMILES string of the molecule is O=C(N/N=C/c1ccc(Cl)cc1)c1cccc(NS(=O)(=O)c2c[nH]c(=O)[nH]c2=O)c1. The van der Waals surface area contributed by atoms with Crippen LogP contribution in [0.2, 0.25) is 5.02 Å². The van der Waals surface area contributed by atoms with Gasteiger partial charge in [-0.25, -0.2) is 18.6 Å². The van der Waals surface area contributed by atoms with Gasteiger partial charge in [-0.2, -0.15) is 5.10 Å². The van der Waals surface area contributed by atoms with Crippen molar-refractivity contribution in [2.75, 3.05) is 4.72 Å². The molecule has 4 N–H and O–H groups in total. The molecule has 0 radical (unpaired) electrons. The number of nitrogens with zero attached hydrogens (tertiary/aromatic N) is 1. The molecule has 30 heavy (non-hydrogen) atoms. The zero-order valence-corrected chi connectivity index (χ0v) is 16.6. The number of amides is 1. The average Bonchev–Trinajstić information content (AvgIpc) is 2.69. The van der Waals surface area contributed by atoms with Crippen molar-refractivity contribution in [2.24, 2.45) is 5.10 Å². The summed E-state index contributed by atoms with van der Waals surface area (Å²) in [6.45, 7) is 0. The second-order valence-electron chi connectivity index (χ2n) is 5.87. The van der Waals surface area contributed by atoms with E-state index in [1.807, 2.05) is 4.98 Å². The van der Waals surface area contributed by atoms with Gasteiger partial charge in [-0.15, -0.1) is 0 Å². The predicted molar refractivity (Wildman–Crippen MR) is 111 cm³/mol. The molecule has 12 heteroatoms. The maximum Gasteiger partial charge on any atom is 0.325 e. The van der Waals surface area contributed by atoms with Gasteiger partial charge in [0.1, 0.15) is 0 Å². The molecule has 0 aliphatic heterocycles. The second-order valence-corrected chi connectivity index (χ2v) is 7.96. The summed E-state index contributed by atoms with van der Waals surface area (Å²) in [6.07, 6.45) is 2.20. The summed E-state index contributed by atoms with van der Waals surface area (Å²) in [5, 5.41) is 4.40. The number of sulfonamides is 1. The Labute approximate surface area is 174 Å². The summed E-state index contributed by atoms with van der Waals surface area (Å²) in [6, 6.07) is 12.3. The highest BCUT2D eigenvalue weighted by Crippen LogP contribution is 2.15. The molecule has 0 aliphatic carbocycles. The van der Waals surface area contributed by atoms with Gasteiger partial charge in [-0.3, -0.25) is 19.3 Å². The van der Waals surface area contributed by atoms with E-state index < -0.39 is 32.1 Å². The first-order chi connectivity index (χ1) is 14.2. The van der Waals surface area contributed by atoms with Gasteiger partial charge >= 0.3 is 5.69 Å². The molecule has 1 aromatic heterocycles. The summed E-state index contributed by atoms with van der Waals surface area (Å²) < 4.78 is 26.9. The number of nitrogens with one attached hydrogen (secondary N) is 4. The first-order valence-corrected chi connectivity index (χ1v) is 10.1. The Morgan fingerprint density at radius 2 is 1.83 bits per heavy atom. The van der Waals surface area contributed by atoms with Crippen LogP contribution in [0.5, 0.6) is 0 Å². The van der Waals surface area contributed by atoms with E-state index in [0.29, 0.717) is 10.6 Å². The number of carbonyl (C=O) groups excluding carboxylic acids is 1. The quantitative estimate of drug-likeness (QED) is 0.331. The van der Waals surface area contributed by atoms with Crippen molar-refractivity contribution < 1.29 is 13.2 Å². The van der Waals surface area contributed by atoms with Gasteiger partial charge in [0, 0.05) is 22.5 Å². The van der Waals surface area contributed by atoms with Crippen LogP contribution in [0.1, 0.15) is 15.9 Å². The van der Waals surface area contributed by atoms with Crippen LogP contribution in [-0.4, -0.2) is 30.5 Å². The summed E-state index contributed by atoms with van der Waals surface area (Å²) in [4.78, 5) is 38.3. The topological polar surface area (TPSA) is 153 Å². The molecule has 1 heterocycles. The zero-order valence-electron chi connectivity index (χ0n) is 15.0. The van der Waals surface area contributed by atoms with E-state index in [0.717, 1.165) is 6.20 Å². The van der Waals surface area contributed by atoms with Crippen molar-refractivity contribution in [3.8, 4) is 0 Å². The molecule has 0 unspecified atom stereocenters. The van der Waals surface area contributed by atoms with Crippen LogP contribution in [0, 0.1) is 0 Å². The van der Waals surface area contributed by atoms with Gasteiger partial charge in [0.2, 0.25) is 0 Å². The lowest BCUT2D eigenvalue weighted by Crippen LogP contribution is -2.29. The molecule has 0 spiro atoms. The zero-order chi connectivity index (χ0) is 21.7. The van der Waals surface area contributed by atoms with Gasteiger partial charge in [0.15, 0.2) is 4.90 Å². The van der Waals surface area contributed by atoms with Gasteiger partial charge < -0.3 is 4.98 Å². The Bertz CT molecular complexity index is 1330. The third-order valence-electron chi connectivity index (χ3n) is 3.70. The van der Waals surface area contributed by atoms with Crippen molar-refractivity contribution in [1.82, 2.24) is 15.4 Å². The van der Waals surface area contributed by atoms with Crippen LogP contribution in [0.15, 0.2) is 74.3 Å². The number of benzene rings is 2. The van der Waals surface area contributed by atoms with E-state index in [2.05, 4.69) is 20.2 Å². The highest BCUT2D eigenvalue weighted by atomic mass is 35.5. The van der Waals surface area contributed by atoms with Crippen LogP contribution in [-0.2, 0) is 10.0 Å². The molecule has 0 aliphatic rings. The highest BCUT2D eigenvalue weighted by Gasteiger charge is 2.19. The molecule has 154 valence electrons. The van der Waals surface area contributed by atoms with Crippen molar-refractivity contribution in [3.05, 3.63) is 91.7 Å². The summed E-state index contributed by atoms with van der Waals surface area (Å²) >= 11 is 5.79. The van der Waals surface area contributed by atoms with Crippen LogP contribution >= 0.6 is 11.6 Å². The number of halogens is 1. The Balaban J connectivity index is 1.73. The third-order valence-corrected chi connectivity index (χ3v) is 5.34. The molecule has 1 amide bonds. The summed E-state index contributed by atoms with van der Waals surface area (Å²) in [7, 11) is -4.30. The van der Waals surface area contributed by atoms with Crippen molar-refractivity contribution in [2.45, 2.75) is 4.90 Å². The largest absolute Gasteiger partial charge is 0.325 e. The fourth-order valence-corrected chi connectivity index (χ4v) is 3.49. The van der Waals surface area contributed by atoms with Crippen molar-refractivity contribution in [3.63, 3.8) is 0 Å². The van der Waals surface area contributed by atoms with Gasteiger partial charge in [-0.1, -0.05) is 29.8 Å². The second kappa shape index (κ2) is 8.76. The van der Waals surface area contributed by atoms with E-state index >= 15 is 0 Å². The normalized spacial score (nSPS) is 11.4. The van der Waals surface area contributed by atoms with Crippen LogP contribution in [0.25, 0.3) is 0 Å². The number of hydrogen-bond donors (Lipinski definition) is 4. The molecule has 0 bridgehead atoms. The molecular formula is C18H14ClN5O5S. The number of hydrazone groups is 1. The van der Waals surface area contributed by atoms with Gasteiger partial charge in [0.25, 0.3) is 21.5 Å². The Hall–Kier alpha value is -3.70. The van der Waals surface area contributed by atoms with Gasteiger partial charge in [-0.05, 0) is 35.9 Å². The van der Waals surface area contributed by atoms with Gasteiger partial charge in [0.05, 0.1) is 6.21 Å². The molecule has 3 rings (SSSR count). The maximum atomic E-state index is 12.4. The van der Waals surface area contributed by atoms with E-state index in [4.69, 9.17) is 11.6 Å². The standard InChI is InChI=1S/C18H14ClN5O5S/c19-13-6-4-11(5-7-13)9-21-23-16(25)12-2-1-3-14(8-12)24-30(28,29)15-10-20-18(27)22-17(15)26/h1-10,24H,(H,23,25)(H2,20,22,26,27)/b21-9+. The number of H-pyrrole nitrogens is 2. The molecule has 0 saturated carbocycles. The number of carbonyl (C=O) groups is 1. The Morgan fingerprint density at radius 1 is 1.10 bits per heavy atom. The molecule has 10 nitrogen and oxygen atoms in total. The lowest BCUT2D eigenvalue weighted by molar-refractivity contribution is 0.0955. The van der Waals surface area contributed by atoms with Crippen LogP contribution in [0.3, 0.4) is 0 Å². The van der Waals surface area contributed by atoms with Crippen LogP contribution in [0.4, 0.5) is 5.69 Å². The number of rotatable bonds is 6. The Kier molecular flexibility index (Phi) is 6.14. The molecule has 0 fully saturated rings. The van der Waals surface area contributed by atoms with Crippen LogP contribution < -0.4 is 21.4 Å². The lowest BCUT2D eigenvalue weighted by Gasteiger charge is -2.08. The number of hydrogen-bond acceptors (Lipinski definition) is 6. The Morgan fingerprint density at radius 3 is 2.53 bits per heavy atom. The van der Waals surface area contributed by atoms with Crippen molar-refractivity contribution in [1.29, 1.82) is 0 Å². The van der Waals surface area contributed by atoms with E-state index in [1.165, 1.54) is 30.5 Å². The molecule has 0 atom stereocenters. The number of anilines is 1. The lowest BCUT2D eigenvalue weighted by atomic mass is 10.2. The minimum absolute atomic E-state index is 0.0370. The summed E-state index contributed by atoms with van der Waals surface area (Å²) in [5.74, 6) is -0.580. The first-order valence-electron chi connectivity index (χ1n) is 8.28. The fourth-order valence-electron chi connectivity index (χ4n) is 2.31. The number of aromatic amines is 2. The average molecular weight is 448 g/mol. The monoisotopic (exact) mass is 447 g/mol. The number of aromatic nitrogens is 2. The highest BCUT2D eigenvalue weighted by molar-refractivity contribution is 7.92. The predicted octanol–water partition coefficient (Wildman–Crippen LogP) is 1.28. The maximum absolute atomic E-state index is 12.4. The third kappa shape index (κ3) is 5.21. The minimum Gasteiger partial charge on any atom is -0.313 e. The summed E-state index contributed by atoms with van der Waals surface area (Å²) in [5.41, 5.74) is 1.29. The fraction of sp³-hybridized carbons (Fsp3) is 0. The minimum atomic E-state index is -4.30. The van der Waals surface area contributed by atoms with Crippen molar-refractivity contribution >= 4 is 39.4 Å². The first kappa shape index (κ1) is 21.0. The molecule has 2 aromatic carbocycles. The van der Waals surface area contributed by atoms with E-state index in [1.54, 1.807) is 24.3 Å². The molecular weight excluding hydrogens is 434 g/mol. The van der Waals surface area contributed by atoms with E-state index in [-0.39, 0.29) is 11.3 Å². The van der Waals surface area contributed by atoms with E-state index in [9.17, 15) is 22.8 Å². The smallest absolute Gasteiger partial charge is 0.313 e.